The number of likely N-dealkylation sites (tertiary alicyclic amines) is 1. The zero-order valence-electron chi connectivity index (χ0n) is 15.1. The van der Waals surface area contributed by atoms with Gasteiger partial charge in [0, 0.05) is 19.6 Å². The van der Waals surface area contributed by atoms with Crippen LogP contribution < -0.4 is 10.1 Å². The van der Waals surface area contributed by atoms with Crippen LogP contribution in [0.1, 0.15) is 17.5 Å². The van der Waals surface area contributed by atoms with E-state index in [4.69, 9.17) is 4.74 Å². The zero-order chi connectivity index (χ0) is 18.4. The van der Waals surface area contributed by atoms with Crippen LogP contribution in [0.4, 0.5) is 0 Å². The average molecular weight is 354 g/mol. The lowest BCUT2D eigenvalue weighted by Gasteiger charge is -2.32. The second-order valence-corrected chi connectivity index (χ2v) is 6.86. The molecule has 138 valence electrons. The van der Waals surface area contributed by atoms with Crippen LogP contribution in [-0.4, -0.2) is 42.2 Å². The smallest absolute Gasteiger partial charge is 0.227 e. The Balaban J connectivity index is 1.52. The summed E-state index contributed by atoms with van der Waals surface area (Å²) >= 11 is 0. The molecular weight excluding hydrogens is 328 g/mol. The van der Waals surface area contributed by atoms with Gasteiger partial charge >= 0.3 is 0 Å². The number of nitrogens with one attached hydrogen (secondary N) is 1. The summed E-state index contributed by atoms with van der Waals surface area (Å²) in [7, 11) is 1.97. The first-order valence-corrected chi connectivity index (χ1v) is 9.02. The highest BCUT2D eigenvalue weighted by atomic mass is 16.5. The molecule has 2 aromatic rings. The van der Waals surface area contributed by atoms with Gasteiger partial charge in [-0.25, -0.2) is 0 Å². The van der Waals surface area contributed by atoms with E-state index < -0.39 is 6.10 Å². The molecule has 5 nitrogen and oxygen atoms in total. The van der Waals surface area contributed by atoms with E-state index in [1.54, 1.807) is 0 Å². The summed E-state index contributed by atoms with van der Waals surface area (Å²) in [5.74, 6) is 0.309. The minimum absolute atomic E-state index is 0.0975. The lowest BCUT2D eigenvalue weighted by atomic mass is 9.94. The molecule has 1 heterocycles. The number of ether oxygens (including phenoxy) is 1. The molecule has 2 atom stereocenters. The molecule has 1 aliphatic heterocycles. The number of aliphatic hydroxyl groups is 1. The van der Waals surface area contributed by atoms with Gasteiger partial charge in [0.05, 0.1) is 12.0 Å². The molecule has 1 fully saturated rings. The molecule has 0 bridgehead atoms. The number of nitrogens with zero attached hydrogens (tertiary/aromatic N) is 1. The Morgan fingerprint density at radius 2 is 1.96 bits per heavy atom. The number of rotatable bonds is 6. The van der Waals surface area contributed by atoms with Crippen LogP contribution in [0.3, 0.4) is 0 Å². The fraction of sp³-hybridized carbons (Fsp3) is 0.381. The summed E-state index contributed by atoms with van der Waals surface area (Å²) in [6.07, 6.45) is 0.0731. The van der Waals surface area contributed by atoms with Crippen molar-refractivity contribution in [2.24, 2.45) is 5.92 Å². The first-order chi connectivity index (χ1) is 12.6. The number of amides is 1. The predicted octanol–water partition coefficient (Wildman–Crippen LogP) is 2.19. The number of hydrogen-bond acceptors (Lipinski definition) is 4. The number of carbonyl (C=O) groups excluding carboxylic acids is 1. The Kier molecular flexibility index (Phi) is 6.26. The van der Waals surface area contributed by atoms with E-state index in [1.807, 2.05) is 61.6 Å². The molecule has 0 aliphatic carbocycles. The van der Waals surface area contributed by atoms with E-state index >= 15 is 0 Å². The van der Waals surface area contributed by atoms with Gasteiger partial charge in [0.15, 0.2) is 0 Å². The molecule has 1 saturated heterocycles. The zero-order valence-corrected chi connectivity index (χ0v) is 15.1. The van der Waals surface area contributed by atoms with Crippen LogP contribution in [0, 0.1) is 5.92 Å². The van der Waals surface area contributed by atoms with E-state index in [0.29, 0.717) is 26.1 Å². The maximum Gasteiger partial charge on any atom is 0.227 e. The number of benzene rings is 2. The Hall–Kier alpha value is -2.37. The van der Waals surface area contributed by atoms with E-state index in [0.717, 1.165) is 23.4 Å². The molecule has 0 spiro atoms. The van der Waals surface area contributed by atoms with Gasteiger partial charge in [0.25, 0.3) is 0 Å². The van der Waals surface area contributed by atoms with Crippen LogP contribution in [-0.2, 0) is 17.9 Å². The molecule has 2 N–H and O–H groups in total. The van der Waals surface area contributed by atoms with Crippen molar-refractivity contribution in [2.45, 2.75) is 25.7 Å². The molecule has 0 aromatic heterocycles. The number of aliphatic hydroxyl groups excluding tert-OH is 1. The van der Waals surface area contributed by atoms with Crippen molar-refractivity contribution in [2.75, 3.05) is 20.1 Å². The maximum atomic E-state index is 12.4. The highest BCUT2D eigenvalue weighted by molar-refractivity contribution is 5.79. The van der Waals surface area contributed by atoms with E-state index in [-0.39, 0.29) is 11.8 Å². The van der Waals surface area contributed by atoms with Gasteiger partial charge in [0.2, 0.25) is 5.91 Å². The minimum atomic E-state index is -0.563. The summed E-state index contributed by atoms with van der Waals surface area (Å²) in [4.78, 5) is 14.5. The predicted molar refractivity (Wildman–Crippen MR) is 101 cm³/mol. The van der Waals surface area contributed by atoms with Crippen molar-refractivity contribution in [3.63, 3.8) is 0 Å². The molecule has 1 amide bonds. The first kappa shape index (κ1) is 18.4. The third-order valence-corrected chi connectivity index (χ3v) is 4.73. The number of carbonyl (C=O) groups is 1. The van der Waals surface area contributed by atoms with Gasteiger partial charge < -0.3 is 20.1 Å². The summed E-state index contributed by atoms with van der Waals surface area (Å²) in [6.45, 7) is 2.35. The van der Waals surface area contributed by atoms with Crippen molar-refractivity contribution in [1.29, 1.82) is 0 Å². The van der Waals surface area contributed by atoms with Gasteiger partial charge in [-0.1, -0.05) is 42.5 Å². The fourth-order valence-corrected chi connectivity index (χ4v) is 3.17. The van der Waals surface area contributed by atoms with Crippen molar-refractivity contribution in [1.82, 2.24) is 10.2 Å². The molecule has 0 radical (unpaired) electrons. The maximum absolute atomic E-state index is 12.4. The lowest BCUT2D eigenvalue weighted by Crippen LogP contribution is -2.48. The molecule has 0 saturated carbocycles. The standard InChI is InChI=1S/C21H26N2O3/c1-23-11-10-20(24)19(14-23)21(25)22-13-17-8-5-9-18(12-17)26-15-16-6-3-2-4-7-16/h2-9,12,19-20,24H,10-11,13-15H2,1H3,(H,22,25)/t19-,20+/m1/s1. The summed E-state index contributed by atoms with van der Waals surface area (Å²) in [5, 5.41) is 13.0. The summed E-state index contributed by atoms with van der Waals surface area (Å²) < 4.78 is 5.83. The van der Waals surface area contributed by atoms with Crippen LogP contribution in [0.25, 0.3) is 0 Å². The summed E-state index contributed by atoms with van der Waals surface area (Å²) in [5.41, 5.74) is 2.09. The Bertz CT molecular complexity index is 720. The van der Waals surface area contributed by atoms with Crippen LogP contribution in [0.5, 0.6) is 5.75 Å². The Morgan fingerprint density at radius 1 is 1.19 bits per heavy atom. The molecule has 2 aromatic carbocycles. The Labute approximate surface area is 154 Å². The number of piperidine rings is 1. The van der Waals surface area contributed by atoms with Crippen LogP contribution in [0.2, 0.25) is 0 Å². The highest BCUT2D eigenvalue weighted by Crippen LogP contribution is 2.18. The Morgan fingerprint density at radius 3 is 2.77 bits per heavy atom. The molecule has 3 rings (SSSR count). The molecule has 5 heteroatoms. The van der Waals surface area contributed by atoms with Gasteiger partial charge in [-0.05, 0) is 36.7 Å². The van der Waals surface area contributed by atoms with Gasteiger partial charge in [0.1, 0.15) is 12.4 Å². The first-order valence-electron chi connectivity index (χ1n) is 9.02. The van der Waals surface area contributed by atoms with Gasteiger partial charge in [-0.3, -0.25) is 4.79 Å². The second-order valence-electron chi connectivity index (χ2n) is 6.86. The van der Waals surface area contributed by atoms with E-state index in [9.17, 15) is 9.90 Å². The number of hydrogen-bond donors (Lipinski definition) is 2. The second kappa shape index (κ2) is 8.83. The minimum Gasteiger partial charge on any atom is -0.489 e. The van der Waals surface area contributed by atoms with Crippen LogP contribution >= 0.6 is 0 Å². The molecule has 26 heavy (non-hydrogen) atoms. The van der Waals surface area contributed by atoms with Gasteiger partial charge in [-0.15, -0.1) is 0 Å². The lowest BCUT2D eigenvalue weighted by molar-refractivity contribution is -0.131. The quantitative estimate of drug-likeness (QED) is 0.835. The topological polar surface area (TPSA) is 61.8 Å². The normalized spacial score (nSPS) is 20.5. The molecular formula is C21H26N2O3. The fourth-order valence-electron chi connectivity index (χ4n) is 3.17. The SMILES string of the molecule is CN1CC[C@H](O)[C@H](C(=O)NCc2cccc(OCc3ccccc3)c2)C1. The highest BCUT2D eigenvalue weighted by Gasteiger charge is 2.31. The van der Waals surface area contributed by atoms with Crippen molar-refractivity contribution >= 4 is 5.91 Å². The largest absolute Gasteiger partial charge is 0.489 e. The van der Waals surface area contributed by atoms with Gasteiger partial charge in [-0.2, -0.15) is 0 Å². The van der Waals surface area contributed by atoms with E-state index in [1.165, 1.54) is 0 Å². The van der Waals surface area contributed by atoms with Crippen LogP contribution in [0.15, 0.2) is 54.6 Å². The van der Waals surface area contributed by atoms with Crippen molar-refractivity contribution < 1.29 is 14.6 Å². The summed E-state index contributed by atoms with van der Waals surface area (Å²) in [6, 6.07) is 17.7. The van der Waals surface area contributed by atoms with Crippen molar-refractivity contribution in [3.8, 4) is 5.75 Å². The molecule has 0 unspecified atom stereocenters. The molecule has 1 aliphatic rings. The van der Waals surface area contributed by atoms with E-state index in [2.05, 4.69) is 10.2 Å². The average Bonchev–Trinajstić information content (AvgIpc) is 2.67. The monoisotopic (exact) mass is 354 g/mol. The third kappa shape index (κ3) is 5.07. The third-order valence-electron chi connectivity index (χ3n) is 4.73. The van der Waals surface area contributed by atoms with Crippen molar-refractivity contribution in [3.05, 3.63) is 65.7 Å².